The Balaban J connectivity index is 1.47. The molecule has 1 atom stereocenters. The molecule has 1 aliphatic heterocycles. The standard InChI is InChI=1S/C20H27N5O3S2/c21-25-19(15-7-3-1-4-8-15)22-23-20(25)29-13-18(26)24(16-9-5-2-6-10-16)17-11-12-30(27,28)14-17/h1,3-4,7-8,16-17H,2,5-6,9-14,21H2/t17-/m1/s1. The Labute approximate surface area is 181 Å². The third-order valence-corrected chi connectivity index (χ3v) is 8.56. The van der Waals surface area contributed by atoms with Gasteiger partial charge in [0.1, 0.15) is 0 Å². The van der Waals surface area contributed by atoms with E-state index in [2.05, 4.69) is 10.2 Å². The lowest BCUT2D eigenvalue weighted by Crippen LogP contribution is -2.49. The molecule has 0 radical (unpaired) electrons. The summed E-state index contributed by atoms with van der Waals surface area (Å²) >= 11 is 1.25. The largest absolute Gasteiger partial charge is 0.335 e. The molecule has 1 saturated carbocycles. The molecule has 1 aromatic heterocycles. The highest BCUT2D eigenvalue weighted by molar-refractivity contribution is 7.99. The van der Waals surface area contributed by atoms with Crippen molar-refractivity contribution in [2.45, 2.75) is 55.8 Å². The first-order chi connectivity index (χ1) is 14.4. The Morgan fingerprint density at radius 1 is 1.10 bits per heavy atom. The molecular weight excluding hydrogens is 422 g/mol. The minimum Gasteiger partial charge on any atom is -0.335 e. The van der Waals surface area contributed by atoms with Crippen LogP contribution in [0.1, 0.15) is 38.5 Å². The second-order valence-electron chi connectivity index (χ2n) is 7.98. The average Bonchev–Trinajstić information content (AvgIpc) is 3.29. The number of aromatic nitrogens is 3. The zero-order valence-corrected chi connectivity index (χ0v) is 18.4. The fourth-order valence-corrected chi connectivity index (χ4v) is 6.86. The summed E-state index contributed by atoms with van der Waals surface area (Å²) in [6.45, 7) is 0. The number of hydrogen-bond donors (Lipinski definition) is 1. The van der Waals surface area contributed by atoms with Crippen LogP contribution in [0.15, 0.2) is 35.5 Å². The molecule has 2 heterocycles. The number of sulfone groups is 1. The molecule has 2 aliphatic rings. The molecule has 0 unspecified atom stereocenters. The molecule has 1 saturated heterocycles. The molecule has 30 heavy (non-hydrogen) atoms. The van der Waals surface area contributed by atoms with Gasteiger partial charge in [-0.15, -0.1) is 10.2 Å². The summed E-state index contributed by atoms with van der Waals surface area (Å²) in [5.41, 5.74) is 0.852. The van der Waals surface area contributed by atoms with Gasteiger partial charge in [0.25, 0.3) is 0 Å². The van der Waals surface area contributed by atoms with Gasteiger partial charge in [0, 0.05) is 17.6 Å². The lowest BCUT2D eigenvalue weighted by Gasteiger charge is -2.38. The van der Waals surface area contributed by atoms with E-state index in [1.807, 2.05) is 35.2 Å². The number of nitrogens with zero attached hydrogens (tertiary/aromatic N) is 4. The minimum atomic E-state index is -3.06. The van der Waals surface area contributed by atoms with Crippen molar-refractivity contribution in [3.63, 3.8) is 0 Å². The zero-order chi connectivity index (χ0) is 21.1. The van der Waals surface area contributed by atoms with Crippen molar-refractivity contribution >= 4 is 27.5 Å². The van der Waals surface area contributed by atoms with Crippen LogP contribution in [0.2, 0.25) is 0 Å². The van der Waals surface area contributed by atoms with Crippen molar-refractivity contribution in [2.75, 3.05) is 23.1 Å². The SMILES string of the molecule is Nn1c(SCC(=O)N(C2CCCCC2)[C@@H]2CCS(=O)(=O)C2)nnc1-c1ccccc1. The van der Waals surface area contributed by atoms with E-state index >= 15 is 0 Å². The highest BCUT2D eigenvalue weighted by Crippen LogP contribution is 2.30. The number of thioether (sulfide) groups is 1. The van der Waals surface area contributed by atoms with E-state index in [1.165, 1.54) is 22.9 Å². The van der Waals surface area contributed by atoms with E-state index in [9.17, 15) is 13.2 Å². The van der Waals surface area contributed by atoms with Gasteiger partial charge in [0.05, 0.1) is 17.3 Å². The molecule has 0 bridgehead atoms. The fraction of sp³-hybridized carbons (Fsp3) is 0.550. The maximum atomic E-state index is 13.2. The molecule has 2 fully saturated rings. The van der Waals surface area contributed by atoms with Crippen LogP contribution in [0.4, 0.5) is 0 Å². The van der Waals surface area contributed by atoms with Crippen LogP contribution in [-0.4, -0.2) is 63.4 Å². The summed E-state index contributed by atoms with van der Waals surface area (Å²) < 4.78 is 25.5. The van der Waals surface area contributed by atoms with Gasteiger partial charge < -0.3 is 10.7 Å². The summed E-state index contributed by atoms with van der Waals surface area (Å²) in [7, 11) is -3.06. The van der Waals surface area contributed by atoms with Gasteiger partial charge in [-0.3, -0.25) is 4.79 Å². The van der Waals surface area contributed by atoms with Gasteiger partial charge in [0.15, 0.2) is 15.7 Å². The first-order valence-corrected chi connectivity index (χ1v) is 13.2. The third kappa shape index (κ3) is 4.64. The van der Waals surface area contributed by atoms with Crippen LogP contribution in [0.25, 0.3) is 11.4 Å². The first kappa shape index (κ1) is 21.2. The Morgan fingerprint density at radius 3 is 2.50 bits per heavy atom. The molecule has 2 aromatic rings. The van der Waals surface area contributed by atoms with E-state index in [1.54, 1.807) is 0 Å². The Hall–Kier alpha value is -2.07. The highest BCUT2D eigenvalue weighted by atomic mass is 32.2. The minimum absolute atomic E-state index is 0.0433. The fourth-order valence-electron chi connectivity index (χ4n) is 4.42. The van der Waals surface area contributed by atoms with E-state index in [0.717, 1.165) is 31.2 Å². The summed E-state index contributed by atoms with van der Waals surface area (Å²) in [5, 5.41) is 8.76. The first-order valence-electron chi connectivity index (χ1n) is 10.3. The lowest BCUT2D eigenvalue weighted by atomic mass is 9.93. The van der Waals surface area contributed by atoms with Crippen LogP contribution >= 0.6 is 11.8 Å². The maximum absolute atomic E-state index is 13.2. The number of benzene rings is 1. The smallest absolute Gasteiger partial charge is 0.233 e. The van der Waals surface area contributed by atoms with Crippen LogP contribution in [0.5, 0.6) is 0 Å². The van der Waals surface area contributed by atoms with Gasteiger partial charge in [-0.1, -0.05) is 61.4 Å². The number of carbonyl (C=O) groups excluding carboxylic acids is 1. The Bertz CT molecular complexity index is 987. The predicted octanol–water partition coefficient (Wildman–Crippen LogP) is 2.10. The van der Waals surface area contributed by atoms with E-state index < -0.39 is 9.84 Å². The Kier molecular flexibility index (Phi) is 6.33. The van der Waals surface area contributed by atoms with Crippen LogP contribution in [-0.2, 0) is 14.6 Å². The van der Waals surface area contributed by atoms with Crippen molar-refractivity contribution in [3.05, 3.63) is 30.3 Å². The summed E-state index contributed by atoms with van der Waals surface area (Å²) in [6, 6.07) is 9.42. The molecule has 2 N–H and O–H groups in total. The molecule has 0 spiro atoms. The quantitative estimate of drug-likeness (QED) is 0.531. The molecular formula is C20H27N5O3S2. The van der Waals surface area contributed by atoms with E-state index in [-0.39, 0.29) is 35.2 Å². The summed E-state index contributed by atoms with van der Waals surface area (Å²) in [5.74, 6) is 7.06. The molecule has 1 aromatic carbocycles. The number of nitrogen functional groups attached to an aromatic ring is 1. The van der Waals surface area contributed by atoms with Crippen molar-refractivity contribution in [3.8, 4) is 11.4 Å². The normalized spacial score (nSPS) is 21.5. The third-order valence-electron chi connectivity index (χ3n) is 5.88. The van der Waals surface area contributed by atoms with Gasteiger partial charge in [-0.05, 0) is 19.3 Å². The van der Waals surface area contributed by atoms with Crippen molar-refractivity contribution in [1.82, 2.24) is 19.8 Å². The summed E-state index contributed by atoms with van der Waals surface area (Å²) in [6.07, 6.45) is 5.75. The molecule has 10 heteroatoms. The van der Waals surface area contributed by atoms with Gasteiger partial charge in [-0.2, -0.15) is 0 Å². The monoisotopic (exact) mass is 449 g/mol. The highest BCUT2D eigenvalue weighted by Gasteiger charge is 2.38. The molecule has 162 valence electrons. The van der Waals surface area contributed by atoms with Crippen LogP contribution < -0.4 is 5.84 Å². The predicted molar refractivity (Wildman–Crippen MR) is 117 cm³/mol. The number of amides is 1. The molecule has 4 rings (SSSR count). The topological polar surface area (TPSA) is 111 Å². The molecule has 1 aliphatic carbocycles. The number of nitrogens with two attached hydrogens (primary N) is 1. The molecule has 8 nitrogen and oxygen atoms in total. The van der Waals surface area contributed by atoms with Crippen LogP contribution in [0.3, 0.4) is 0 Å². The Morgan fingerprint density at radius 2 is 1.83 bits per heavy atom. The van der Waals surface area contributed by atoms with Crippen LogP contribution in [0, 0.1) is 0 Å². The average molecular weight is 450 g/mol. The second kappa shape index (κ2) is 8.97. The number of rotatable bonds is 6. The van der Waals surface area contributed by atoms with Gasteiger partial charge in [-0.25, -0.2) is 13.1 Å². The van der Waals surface area contributed by atoms with E-state index in [0.29, 0.717) is 17.4 Å². The number of carbonyl (C=O) groups is 1. The van der Waals surface area contributed by atoms with Crippen molar-refractivity contribution < 1.29 is 13.2 Å². The van der Waals surface area contributed by atoms with Crippen molar-refractivity contribution in [2.24, 2.45) is 0 Å². The van der Waals surface area contributed by atoms with Gasteiger partial charge >= 0.3 is 0 Å². The lowest BCUT2D eigenvalue weighted by molar-refractivity contribution is -0.133. The van der Waals surface area contributed by atoms with E-state index in [4.69, 9.17) is 5.84 Å². The summed E-state index contributed by atoms with van der Waals surface area (Å²) in [4.78, 5) is 15.1. The second-order valence-corrected chi connectivity index (χ2v) is 11.2. The van der Waals surface area contributed by atoms with Crippen molar-refractivity contribution in [1.29, 1.82) is 0 Å². The molecule has 1 amide bonds. The zero-order valence-electron chi connectivity index (χ0n) is 16.8. The number of hydrogen-bond acceptors (Lipinski definition) is 7. The maximum Gasteiger partial charge on any atom is 0.233 e. The van der Waals surface area contributed by atoms with Gasteiger partial charge in [0.2, 0.25) is 11.1 Å².